The number of nitrogens with zero attached hydrogens (tertiary/aromatic N) is 1. The number of nitrogens with one attached hydrogen (secondary N) is 2. The number of carbonyl (C=O) groups excluding carboxylic acids is 1. The van der Waals surface area contributed by atoms with Gasteiger partial charge in [-0.3, -0.25) is 9.69 Å². The Morgan fingerprint density at radius 1 is 1.25 bits per heavy atom. The fourth-order valence-electron chi connectivity index (χ4n) is 2.14. The quantitative estimate of drug-likeness (QED) is 0.833. The van der Waals surface area contributed by atoms with Crippen LogP contribution in [-0.2, 0) is 11.2 Å². The van der Waals surface area contributed by atoms with Crippen LogP contribution in [0.2, 0.25) is 0 Å². The Labute approximate surface area is 134 Å². The minimum atomic E-state index is 0. The predicted molar refractivity (Wildman–Crippen MR) is 87.4 cm³/mol. The van der Waals surface area contributed by atoms with Crippen LogP contribution >= 0.6 is 28.3 Å². The SMILES string of the molecule is Cl.O=C(Cc1ccc(Br)cc1)NCCN1CCNCC1. The third-order valence-corrected chi connectivity index (χ3v) is 3.77. The van der Waals surface area contributed by atoms with Crippen molar-refractivity contribution < 1.29 is 4.79 Å². The highest BCUT2D eigenvalue weighted by Crippen LogP contribution is 2.10. The molecule has 0 unspecified atom stereocenters. The maximum Gasteiger partial charge on any atom is 0.224 e. The molecule has 1 amide bonds. The van der Waals surface area contributed by atoms with Gasteiger partial charge in [0.05, 0.1) is 6.42 Å². The molecular formula is C14H21BrClN3O. The molecule has 1 aliphatic rings. The molecule has 1 heterocycles. The molecule has 6 heteroatoms. The van der Waals surface area contributed by atoms with Crippen molar-refractivity contribution in [1.29, 1.82) is 0 Å². The predicted octanol–water partition coefficient (Wildman–Crippen LogP) is 1.43. The Kier molecular flexibility index (Phi) is 8.14. The van der Waals surface area contributed by atoms with Gasteiger partial charge in [-0.25, -0.2) is 0 Å². The number of carbonyl (C=O) groups is 1. The van der Waals surface area contributed by atoms with E-state index in [0.29, 0.717) is 6.42 Å². The first-order valence-electron chi connectivity index (χ1n) is 6.68. The Bertz CT molecular complexity index is 407. The van der Waals surface area contributed by atoms with Crippen molar-refractivity contribution in [1.82, 2.24) is 15.5 Å². The lowest BCUT2D eigenvalue weighted by atomic mass is 10.1. The first kappa shape index (κ1) is 17.4. The van der Waals surface area contributed by atoms with Crippen molar-refractivity contribution in [2.45, 2.75) is 6.42 Å². The smallest absolute Gasteiger partial charge is 0.224 e. The second-order valence-electron chi connectivity index (χ2n) is 4.74. The average molecular weight is 363 g/mol. The molecule has 1 aromatic carbocycles. The zero-order valence-electron chi connectivity index (χ0n) is 11.4. The molecule has 0 bridgehead atoms. The third-order valence-electron chi connectivity index (χ3n) is 3.24. The summed E-state index contributed by atoms with van der Waals surface area (Å²) in [5.41, 5.74) is 1.04. The number of amides is 1. The molecule has 4 nitrogen and oxygen atoms in total. The zero-order valence-corrected chi connectivity index (χ0v) is 13.8. The Morgan fingerprint density at radius 3 is 2.55 bits per heavy atom. The number of benzene rings is 1. The molecule has 1 aliphatic heterocycles. The summed E-state index contributed by atoms with van der Waals surface area (Å²) >= 11 is 3.39. The van der Waals surface area contributed by atoms with E-state index < -0.39 is 0 Å². The van der Waals surface area contributed by atoms with Crippen LogP contribution in [0.15, 0.2) is 28.7 Å². The van der Waals surface area contributed by atoms with E-state index in [2.05, 4.69) is 31.5 Å². The highest BCUT2D eigenvalue weighted by molar-refractivity contribution is 9.10. The van der Waals surface area contributed by atoms with Crippen molar-refractivity contribution in [3.05, 3.63) is 34.3 Å². The molecule has 0 aromatic heterocycles. The molecule has 0 radical (unpaired) electrons. The fourth-order valence-corrected chi connectivity index (χ4v) is 2.40. The summed E-state index contributed by atoms with van der Waals surface area (Å²) < 4.78 is 1.04. The summed E-state index contributed by atoms with van der Waals surface area (Å²) in [5, 5.41) is 6.30. The molecule has 112 valence electrons. The minimum absolute atomic E-state index is 0. The van der Waals surface area contributed by atoms with E-state index in [1.807, 2.05) is 24.3 Å². The summed E-state index contributed by atoms with van der Waals surface area (Å²) in [6.45, 7) is 5.91. The summed E-state index contributed by atoms with van der Waals surface area (Å²) in [4.78, 5) is 14.2. The monoisotopic (exact) mass is 361 g/mol. The highest BCUT2D eigenvalue weighted by atomic mass is 79.9. The van der Waals surface area contributed by atoms with Gasteiger partial charge in [-0.2, -0.15) is 0 Å². The molecule has 2 rings (SSSR count). The zero-order chi connectivity index (χ0) is 13.5. The van der Waals surface area contributed by atoms with Gasteiger partial charge in [-0.15, -0.1) is 12.4 Å². The molecule has 1 aromatic rings. The summed E-state index contributed by atoms with van der Waals surface area (Å²) in [6, 6.07) is 7.87. The van der Waals surface area contributed by atoms with E-state index in [-0.39, 0.29) is 18.3 Å². The van der Waals surface area contributed by atoms with Crippen LogP contribution in [0.4, 0.5) is 0 Å². The van der Waals surface area contributed by atoms with E-state index in [4.69, 9.17) is 0 Å². The lowest BCUT2D eigenvalue weighted by molar-refractivity contribution is -0.120. The maximum absolute atomic E-state index is 11.8. The minimum Gasteiger partial charge on any atom is -0.355 e. The van der Waals surface area contributed by atoms with Gasteiger partial charge in [0, 0.05) is 43.7 Å². The van der Waals surface area contributed by atoms with Gasteiger partial charge < -0.3 is 10.6 Å². The Hall–Kier alpha value is -0.620. The first-order valence-corrected chi connectivity index (χ1v) is 7.47. The van der Waals surface area contributed by atoms with Crippen LogP contribution in [0, 0.1) is 0 Å². The summed E-state index contributed by atoms with van der Waals surface area (Å²) in [7, 11) is 0. The largest absolute Gasteiger partial charge is 0.355 e. The highest BCUT2D eigenvalue weighted by Gasteiger charge is 2.09. The Balaban J connectivity index is 0.00000200. The average Bonchev–Trinajstić information content (AvgIpc) is 2.43. The van der Waals surface area contributed by atoms with Crippen molar-refractivity contribution in [3.8, 4) is 0 Å². The lowest BCUT2D eigenvalue weighted by Gasteiger charge is -2.27. The van der Waals surface area contributed by atoms with Crippen molar-refractivity contribution in [3.63, 3.8) is 0 Å². The van der Waals surface area contributed by atoms with E-state index in [0.717, 1.165) is 49.3 Å². The normalized spacial score (nSPS) is 15.4. The second-order valence-corrected chi connectivity index (χ2v) is 5.66. The van der Waals surface area contributed by atoms with Gasteiger partial charge in [0.1, 0.15) is 0 Å². The third kappa shape index (κ3) is 6.22. The van der Waals surface area contributed by atoms with Crippen molar-refractivity contribution in [2.75, 3.05) is 39.3 Å². The molecule has 0 spiro atoms. The lowest BCUT2D eigenvalue weighted by Crippen LogP contribution is -2.46. The van der Waals surface area contributed by atoms with Gasteiger partial charge in [0.25, 0.3) is 0 Å². The van der Waals surface area contributed by atoms with Crippen LogP contribution in [0.5, 0.6) is 0 Å². The van der Waals surface area contributed by atoms with Crippen LogP contribution in [0.1, 0.15) is 5.56 Å². The van der Waals surface area contributed by atoms with E-state index in [9.17, 15) is 4.79 Å². The second kappa shape index (κ2) is 9.34. The number of halogens is 2. The van der Waals surface area contributed by atoms with Crippen molar-refractivity contribution >= 4 is 34.2 Å². The first-order chi connectivity index (χ1) is 9.24. The summed E-state index contributed by atoms with van der Waals surface area (Å²) in [6.07, 6.45) is 0.453. The number of piperazine rings is 1. The van der Waals surface area contributed by atoms with Gasteiger partial charge in [-0.1, -0.05) is 28.1 Å². The Morgan fingerprint density at radius 2 is 1.90 bits per heavy atom. The van der Waals surface area contributed by atoms with Crippen LogP contribution in [0.25, 0.3) is 0 Å². The fraction of sp³-hybridized carbons (Fsp3) is 0.500. The molecule has 0 saturated carbocycles. The summed E-state index contributed by atoms with van der Waals surface area (Å²) in [5.74, 6) is 0.0949. The number of hydrogen-bond donors (Lipinski definition) is 2. The van der Waals surface area contributed by atoms with E-state index >= 15 is 0 Å². The topological polar surface area (TPSA) is 44.4 Å². The standard InChI is InChI=1S/C14H20BrN3O.ClH/c15-13-3-1-12(2-4-13)11-14(19)17-7-10-18-8-5-16-6-9-18;/h1-4,16H,5-11H2,(H,17,19);1H. The van der Waals surface area contributed by atoms with Gasteiger partial charge in [0.2, 0.25) is 5.91 Å². The molecule has 20 heavy (non-hydrogen) atoms. The van der Waals surface area contributed by atoms with Crippen LogP contribution in [-0.4, -0.2) is 50.1 Å². The maximum atomic E-state index is 11.8. The van der Waals surface area contributed by atoms with E-state index in [1.54, 1.807) is 0 Å². The van der Waals surface area contributed by atoms with Crippen molar-refractivity contribution in [2.24, 2.45) is 0 Å². The molecular weight excluding hydrogens is 342 g/mol. The molecule has 0 atom stereocenters. The van der Waals surface area contributed by atoms with Crippen LogP contribution in [0.3, 0.4) is 0 Å². The molecule has 1 saturated heterocycles. The number of hydrogen-bond acceptors (Lipinski definition) is 3. The molecule has 0 aliphatic carbocycles. The molecule has 1 fully saturated rings. The van der Waals surface area contributed by atoms with Gasteiger partial charge in [0.15, 0.2) is 0 Å². The van der Waals surface area contributed by atoms with Gasteiger partial charge >= 0.3 is 0 Å². The van der Waals surface area contributed by atoms with Crippen LogP contribution < -0.4 is 10.6 Å². The number of rotatable bonds is 5. The molecule has 2 N–H and O–H groups in total. The van der Waals surface area contributed by atoms with Gasteiger partial charge in [-0.05, 0) is 17.7 Å². The van der Waals surface area contributed by atoms with E-state index in [1.165, 1.54) is 0 Å².